The van der Waals surface area contributed by atoms with Gasteiger partial charge in [-0.25, -0.2) is 0 Å². The van der Waals surface area contributed by atoms with Crippen molar-refractivity contribution in [3.63, 3.8) is 0 Å². The summed E-state index contributed by atoms with van der Waals surface area (Å²) in [5, 5.41) is 4.65. The molecular weight excluding hydrogens is 266 g/mol. The van der Waals surface area contributed by atoms with Gasteiger partial charge in [0.1, 0.15) is 0 Å². The normalized spacial score (nSPS) is 24.6. The topological polar surface area (TPSA) is 12.0 Å². The molecule has 1 fully saturated rings. The first kappa shape index (κ1) is 15.9. The maximum absolute atomic E-state index is 6.18. The molecule has 2 rings (SSSR count). The van der Waals surface area contributed by atoms with Crippen LogP contribution < -0.4 is 5.32 Å². The molecule has 0 saturated heterocycles. The zero-order valence-electron chi connectivity index (χ0n) is 13.1. The van der Waals surface area contributed by atoms with E-state index >= 15 is 0 Å². The van der Waals surface area contributed by atoms with Crippen LogP contribution in [0.25, 0.3) is 0 Å². The van der Waals surface area contributed by atoms with E-state index in [9.17, 15) is 0 Å². The predicted octanol–water partition coefficient (Wildman–Crippen LogP) is 5.52. The van der Waals surface area contributed by atoms with Gasteiger partial charge in [-0.2, -0.15) is 0 Å². The molecule has 0 aliphatic heterocycles. The lowest BCUT2D eigenvalue weighted by Gasteiger charge is -2.34. The zero-order chi connectivity index (χ0) is 14.5. The standard InChI is InChI=1S/C18H28ClN/c1-4-10-20-18(15-7-5-6-13(2)11-15)16-8-9-17(19)14(3)12-16/h8-9,12-13,15,18,20H,4-7,10-11H2,1-3H3. The van der Waals surface area contributed by atoms with E-state index in [-0.39, 0.29) is 0 Å². The third kappa shape index (κ3) is 3.99. The van der Waals surface area contributed by atoms with E-state index in [4.69, 9.17) is 11.6 Å². The first-order valence-electron chi connectivity index (χ1n) is 8.11. The van der Waals surface area contributed by atoms with Crippen molar-refractivity contribution < 1.29 is 0 Å². The minimum Gasteiger partial charge on any atom is -0.310 e. The second-order valence-corrected chi connectivity index (χ2v) is 6.88. The first-order chi connectivity index (χ1) is 9.61. The predicted molar refractivity (Wildman–Crippen MR) is 88.3 cm³/mol. The fourth-order valence-electron chi connectivity index (χ4n) is 3.50. The highest BCUT2D eigenvalue weighted by molar-refractivity contribution is 6.31. The third-order valence-corrected chi connectivity index (χ3v) is 5.03. The van der Waals surface area contributed by atoms with E-state index in [0.717, 1.165) is 23.4 Å². The van der Waals surface area contributed by atoms with E-state index < -0.39 is 0 Å². The van der Waals surface area contributed by atoms with Crippen molar-refractivity contribution in [2.75, 3.05) is 6.54 Å². The lowest BCUT2D eigenvalue weighted by Crippen LogP contribution is -2.31. The van der Waals surface area contributed by atoms with Gasteiger partial charge in [0.2, 0.25) is 0 Å². The van der Waals surface area contributed by atoms with Crippen LogP contribution in [0.15, 0.2) is 18.2 Å². The molecule has 0 bridgehead atoms. The van der Waals surface area contributed by atoms with Gasteiger partial charge >= 0.3 is 0 Å². The Labute approximate surface area is 129 Å². The summed E-state index contributed by atoms with van der Waals surface area (Å²) in [5.74, 6) is 1.64. The Hall–Kier alpha value is -0.530. The van der Waals surface area contributed by atoms with Crippen LogP contribution >= 0.6 is 11.6 Å². The number of halogens is 1. The van der Waals surface area contributed by atoms with E-state index in [1.807, 2.05) is 0 Å². The molecule has 112 valence electrons. The monoisotopic (exact) mass is 293 g/mol. The van der Waals surface area contributed by atoms with Crippen LogP contribution in [-0.4, -0.2) is 6.54 Å². The van der Waals surface area contributed by atoms with E-state index in [1.54, 1.807) is 0 Å². The fourth-order valence-corrected chi connectivity index (χ4v) is 3.62. The molecule has 3 atom stereocenters. The second kappa shape index (κ2) is 7.47. The number of benzene rings is 1. The van der Waals surface area contributed by atoms with Gasteiger partial charge in [0.05, 0.1) is 0 Å². The summed E-state index contributed by atoms with van der Waals surface area (Å²) in [5.41, 5.74) is 2.61. The van der Waals surface area contributed by atoms with Gasteiger partial charge in [-0.05, 0) is 61.8 Å². The molecule has 3 unspecified atom stereocenters. The highest BCUT2D eigenvalue weighted by Crippen LogP contribution is 2.37. The zero-order valence-corrected chi connectivity index (χ0v) is 13.8. The van der Waals surface area contributed by atoms with E-state index in [1.165, 1.54) is 43.2 Å². The molecule has 1 aliphatic rings. The fraction of sp³-hybridized carbons (Fsp3) is 0.667. The van der Waals surface area contributed by atoms with Crippen LogP contribution in [0.4, 0.5) is 0 Å². The van der Waals surface area contributed by atoms with Crippen LogP contribution in [0.2, 0.25) is 5.02 Å². The molecule has 1 nitrogen and oxygen atoms in total. The Balaban J connectivity index is 2.19. The number of aryl methyl sites for hydroxylation is 1. The van der Waals surface area contributed by atoms with Crippen LogP contribution in [-0.2, 0) is 0 Å². The van der Waals surface area contributed by atoms with E-state index in [0.29, 0.717) is 6.04 Å². The van der Waals surface area contributed by atoms with Crippen molar-refractivity contribution in [3.8, 4) is 0 Å². The van der Waals surface area contributed by atoms with Crippen LogP contribution in [0.1, 0.15) is 63.1 Å². The van der Waals surface area contributed by atoms with Crippen LogP contribution in [0.3, 0.4) is 0 Å². The van der Waals surface area contributed by atoms with Crippen molar-refractivity contribution in [2.24, 2.45) is 11.8 Å². The molecule has 1 aromatic rings. The Bertz CT molecular complexity index is 429. The maximum Gasteiger partial charge on any atom is 0.0435 e. The second-order valence-electron chi connectivity index (χ2n) is 6.47. The van der Waals surface area contributed by atoms with Gasteiger partial charge in [-0.3, -0.25) is 0 Å². The van der Waals surface area contributed by atoms with Gasteiger partial charge in [0, 0.05) is 11.1 Å². The van der Waals surface area contributed by atoms with Crippen molar-refractivity contribution in [3.05, 3.63) is 34.3 Å². The molecular formula is C18H28ClN. The molecule has 0 radical (unpaired) electrons. The summed E-state index contributed by atoms with van der Waals surface area (Å²) in [4.78, 5) is 0. The molecule has 20 heavy (non-hydrogen) atoms. The molecule has 1 aliphatic carbocycles. The minimum absolute atomic E-state index is 0.494. The van der Waals surface area contributed by atoms with Crippen molar-refractivity contribution >= 4 is 11.6 Å². The first-order valence-corrected chi connectivity index (χ1v) is 8.49. The Morgan fingerprint density at radius 2 is 2.15 bits per heavy atom. The number of hydrogen-bond acceptors (Lipinski definition) is 1. The Morgan fingerprint density at radius 3 is 2.80 bits per heavy atom. The summed E-state index contributed by atoms with van der Waals surface area (Å²) in [6.45, 7) is 7.83. The minimum atomic E-state index is 0.494. The lowest BCUT2D eigenvalue weighted by atomic mass is 9.76. The number of nitrogens with one attached hydrogen (secondary N) is 1. The Kier molecular flexibility index (Phi) is 5.92. The van der Waals surface area contributed by atoms with Crippen LogP contribution in [0, 0.1) is 18.8 Å². The number of rotatable bonds is 5. The lowest BCUT2D eigenvalue weighted by molar-refractivity contribution is 0.223. The van der Waals surface area contributed by atoms with Crippen molar-refractivity contribution in [1.29, 1.82) is 0 Å². The molecule has 0 amide bonds. The highest BCUT2D eigenvalue weighted by Gasteiger charge is 2.27. The summed E-state index contributed by atoms with van der Waals surface area (Å²) in [7, 11) is 0. The van der Waals surface area contributed by atoms with Gasteiger partial charge in [-0.15, -0.1) is 0 Å². The molecule has 1 aromatic carbocycles. The molecule has 1 saturated carbocycles. The highest BCUT2D eigenvalue weighted by atomic mass is 35.5. The third-order valence-electron chi connectivity index (χ3n) is 4.60. The van der Waals surface area contributed by atoms with Crippen molar-refractivity contribution in [1.82, 2.24) is 5.32 Å². The summed E-state index contributed by atoms with van der Waals surface area (Å²) in [6.07, 6.45) is 6.67. The Morgan fingerprint density at radius 1 is 1.35 bits per heavy atom. The summed E-state index contributed by atoms with van der Waals surface area (Å²) < 4.78 is 0. The van der Waals surface area contributed by atoms with Crippen molar-refractivity contribution in [2.45, 2.75) is 58.9 Å². The molecule has 0 heterocycles. The average Bonchev–Trinajstić information content (AvgIpc) is 2.43. The summed E-state index contributed by atoms with van der Waals surface area (Å²) in [6, 6.07) is 7.03. The molecule has 2 heteroatoms. The smallest absolute Gasteiger partial charge is 0.0435 e. The SMILES string of the molecule is CCCNC(c1ccc(Cl)c(C)c1)C1CCCC(C)C1. The summed E-state index contributed by atoms with van der Waals surface area (Å²) >= 11 is 6.18. The molecule has 0 aromatic heterocycles. The van der Waals surface area contributed by atoms with E-state index in [2.05, 4.69) is 44.3 Å². The maximum atomic E-state index is 6.18. The molecule has 1 N–H and O–H groups in total. The number of hydrogen-bond donors (Lipinski definition) is 1. The van der Waals surface area contributed by atoms with Gasteiger partial charge in [-0.1, -0.05) is 50.4 Å². The average molecular weight is 294 g/mol. The molecule has 0 spiro atoms. The van der Waals surface area contributed by atoms with Gasteiger partial charge in [0.25, 0.3) is 0 Å². The van der Waals surface area contributed by atoms with Gasteiger partial charge < -0.3 is 5.32 Å². The quantitative estimate of drug-likeness (QED) is 0.754. The van der Waals surface area contributed by atoms with Crippen LogP contribution in [0.5, 0.6) is 0 Å². The van der Waals surface area contributed by atoms with Gasteiger partial charge in [0.15, 0.2) is 0 Å². The largest absolute Gasteiger partial charge is 0.310 e.